The zero-order valence-electron chi connectivity index (χ0n) is 16.3. The molecule has 0 bridgehead atoms. The van der Waals surface area contributed by atoms with Gasteiger partial charge in [0.05, 0.1) is 18.3 Å². The summed E-state index contributed by atoms with van der Waals surface area (Å²) in [5.41, 5.74) is 0.480. The molecule has 6 nitrogen and oxygen atoms in total. The van der Waals surface area contributed by atoms with E-state index in [1.165, 1.54) is 0 Å². The summed E-state index contributed by atoms with van der Waals surface area (Å²) in [6.07, 6.45) is -0.453. The first-order valence-electron chi connectivity index (χ1n) is 9.43. The summed E-state index contributed by atoms with van der Waals surface area (Å²) in [4.78, 5) is 16.6. The number of β-amino-alcohol motifs (C(OH)–C–C–N with tert-alkyl or cyclic N) is 1. The maximum Gasteiger partial charge on any atom is 0.251 e. The minimum absolute atomic E-state index is 0.0220. The summed E-state index contributed by atoms with van der Waals surface area (Å²) >= 11 is 0. The highest BCUT2D eigenvalue weighted by molar-refractivity contribution is 5.94. The Labute approximate surface area is 157 Å². The van der Waals surface area contributed by atoms with Crippen LogP contribution in [0, 0.1) is 0 Å². The van der Waals surface area contributed by atoms with E-state index < -0.39 is 6.10 Å². The molecule has 1 aliphatic rings. The van der Waals surface area contributed by atoms with E-state index in [4.69, 9.17) is 4.74 Å². The van der Waals surface area contributed by atoms with Gasteiger partial charge in [0.15, 0.2) is 0 Å². The molecule has 2 rings (SSSR count). The summed E-state index contributed by atoms with van der Waals surface area (Å²) in [6.45, 7) is 12.3. The summed E-state index contributed by atoms with van der Waals surface area (Å²) in [5, 5.41) is 13.1. The highest BCUT2D eigenvalue weighted by atomic mass is 16.5. The number of aliphatic hydroxyl groups is 1. The minimum atomic E-state index is -0.453. The van der Waals surface area contributed by atoms with Crippen molar-refractivity contribution in [3.8, 4) is 0 Å². The molecule has 0 spiro atoms. The second-order valence-electron chi connectivity index (χ2n) is 7.84. The molecule has 1 atom stereocenters. The van der Waals surface area contributed by atoms with Gasteiger partial charge in [-0.3, -0.25) is 14.6 Å². The van der Waals surface area contributed by atoms with E-state index in [1.54, 1.807) is 0 Å². The average Bonchev–Trinajstić information content (AvgIpc) is 2.61. The molecule has 1 aromatic carbocycles. The molecular formula is C20H33N3O3. The predicted octanol–water partition coefficient (Wildman–Crippen LogP) is 1.21. The number of carbonyl (C=O) groups is 1. The Kier molecular flexibility index (Phi) is 8.03. The highest BCUT2D eigenvalue weighted by Gasteiger charge is 2.20. The Bertz CT molecular complexity index is 537. The fourth-order valence-electron chi connectivity index (χ4n) is 2.91. The maximum atomic E-state index is 12.0. The number of aliphatic hydroxyl groups excluding tert-OH is 1. The molecule has 146 valence electrons. The van der Waals surface area contributed by atoms with Crippen molar-refractivity contribution >= 4 is 5.91 Å². The van der Waals surface area contributed by atoms with Crippen molar-refractivity contribution < 1.29 is 14.6 Å². The van der Waals surface area contributed by atoms with E-state index in [2.05, 4.69) is 15.1 Å². The van der Waals surface area contributed by atoms with E-state index in [1.807, 2.05) is 51.1 Å². The van der Waals surface area contributed by atoms with E-state index >= 15 is 0 Å². The second-order valence-corrected chi connectivity index (χ2v) is 7.84. The first kappa shape index (κ1) is 20.8. The van der Waals surface area contributed by atoms with E-state index in [0.29, 0.717) is 25.3 Å². The lowest BCUT2D eigenvalue weighted by atomic mass is 10.2. The lowest BCUT2D eigenvalue weighted by Gasteiger charge is -2.35. The number of carbonyl (C=O) groups excluding carboxylic acids is 1. The van der Waals surface area contributed by atoms with Crippen molar-refractivity contribution in [2.24, 2.45) is 0 Å². The summed E-state index contributed by atoms with van der Waals surface area (Å²) in [7, 11) is 0. The Morgan fingerprint density at radius 2 is 1.77 bits per heavy atom. The number of rotatable bonds is 8. The molecule has 1 aromatic rings. The maximum absolute atomic E-state index is 12.0. The first-order valence-corrected chi connectivity index (χ1v) is 9.43. The smallest absolute Gasteiger partial charge is 0.251 e. The van der Waals surface area contributed by atoms with Crippen LogP contribution in [0.4, 0.5) is 0 Å². The second kappa shape index (κ2) is 10.0. The van der Waals surface area contributed by atoms with Gasteiger partial charge in [0, 0.05) is 51.4 Å². The van der Waals surface area contributed by atoms with E-state index in [-0.39, 0.29) is 11.5 Å². The number of ether oxygens (including phenoxy) is 1. The van der Waals surface area contributed by atoms with Gasteiger partial charge in [0.25, 0.3) is 5.91 Å². The first-order chi connectivity index (χ1) is 12.3. The normalized spacial score (nSPS) is 17.8. The number of amides is 1. The van der Waals surface area contributed by atoms with Gasteiger partial charge in [-0.2, -0.15) is 0 Å². The topological polar surface area (TPSA) is 65.0 Å². The molecule has 1 heterocycles. The lowest BCUT2D eigenvalue weighted by Crippen LogP contribution is -2.50. The van der Waals surface area contributed by atoms with Gasteiger partial charge in [0.2, 0.25) is 0 Å². The molecule has 1 amide bonds. The van der Waals surface area contributed by atoms with Gasteiger partial charge in [-0.05, 0) is 32.9 Å². The van der Waals surface area contributed by atoms with Crippen molar-refractivity contribution in [2.45, 2.75) is 32.5 Å². The third-order valence-corrected chi connectivity index (χ3v) is 4.39. The van der Waals surface area contributed by atoms with Crippen LogP contribution in [0.2, 0.25) is 0 Å². The number of hydrogen-bond acceptors (Lipinski definition) is 5. The monoisotopic (exact) mass is 363 g/mol. The number of nitrogens with zero attached hydrogens (tertiary/aromatic N) is 2. The van der Waals surface area contributed by atoms with Gasteiger partial charge in [-0.25, -0.2) is 0 Å². The zero-order valence-corrected chi connectivity index (χ0v) is 16.3. The molecular weight excluding hydrogens is 330 g/mol. The van der Waals surface area contributed by atoms with E-state index in [9.17, 15) is 9.90 Å². The molecule has 0 radical (unpaired) electrons. The molecule has 26 heavy (non-hydrogen) atoms. The number of piperazine rings is 1. The van der Waals surface area contributed by atoms with Crippen LogP contribution in [0.5, 0.6) is 0 Å². The van der Waals surface area contributed by atoms with Crippen LogP contribution in [0.25, 0.3) is 0 Å². The van der Waals surface area contributed by atoms with Crippen LogP contribution < -0.4 is 5.32 Å². The van der Waals surface area contributed by atoms with Crippen LogP contribution in [-0.4, -0.2) is 84.9 Å². The van der Waals surface area contributed by atoms with Crippen molar-refractivity contribution in [3.63, 3.8) is 0 Å². The van der Waals surface area contributed by atoms with Gasteiger partial charge in [0.1, 0.15) is 0 Å². The van der Waals surface area contributed by atoms with Crippen LogP contribution in [-0.2, 0) is 4.74 Å². The van der Waals surface area contributed by atoms with Crippen LogP contribution in [0.1, 0.15) is 31.1 Å². The SMILES string of the molecule is CC(C)(C)OCC(O)CN1CCN(CCNC(=O)c2ccccc2)CC1. The Morgan fingerprint density at radius 1 is 1.15 bits per heavy atom. The van der Waals surface area contributed by atoms with Crippen LogP contribution in [0.3, 0.4) is 0 Å². The fraction of sp³-hybridized carbons (Fsp3) is 0.650. The van der Waals surface area contributed by atoms with Crippen LogP contribution >= 0.6 is 0 Å². The fourth-order valence-corrected chi connectivity index (χ4v) is 2.91. The van der Waals surface area contributed by atoms with Gasteiger partial charge in [-0.15, -0.1) is 0 Å². The van der Waals surface area contributed by atoms with Gasteiger partial charge in [-0.1, -0.05) is 18.2 Å². The standard InChI is InChI=1S/C20H33N3O3/c1-20(2,3)26-16-18(24)15-23-13-11-22(12-14-23)10-9-21-19(25)17-7-5-4-6-8-17/h4-8,18,24H,9-16H2,1-3H3,(H,21,25). The highest BCUT2D eigenvalue weighted by Crippen LogP contribution is 2.08. The molecule has 0 aromatic heterocycles. The lowest BCUT2D eigenvalue weighted by molar-refractivity contribution is -0.0585. The number of benzene rings is 1. The molecule has 0 saturated carbocycles. The van der Waals surface area contributed by atoms with Crippen molar-refractivity contribution in [1.29, 1.82) is 0 Å². The van der Waals surface area contributed by atoms with Gasteiger partial charge >= 0.3 is 0 Å². The molecule has 1 saturated heterocycles. The Morgan fingerprint density at radius 3 is 2.38 bits per heavy atom. The molecule has 6 heteroatoms. The third kappa shape index (κ3) is 7.83. The van der Waals surface area contributed by atoms with Gasteiger partial charge < -0.3 is 15.2 Å². The number of hydrogen-bond donors (Lipinski definition) is 2. The minimum Gasteiger partial charge on any atom is -0.389 e. The molecule has 1 unspecified atom stereocenters. The average molecular weight is 364 g/mol. The molecule has 1 fully saturated rings. The Hall–Kier alpha value is -1.47. The Balaban J connectivity index is 1.59. The van der Waals surface area contributed by atoms with Crippen molar-refractivity contribution in [3.05, 3.63) is 35.9 Å². The summed E-state index contributed by atoms with van der Waals surface area (Å²) in [6, 6.07) is 9.29. The predicted molar refractivity (Wildman–Crippen MR) is 103 cm³/mol. The van der Waals surface area contributed by atoms with Crippen LogP contribution in [0.15, 0.2) is 30.3 Å². The van der Waals surface area contributed by atoms with Crippen molar-refractivity contribution in [1.82, 2.24) is 15.1 Å². The molecule has 2 N–H and O–H groups in total. The number of nitrogens with one attached hydrogen (secondary N) is 1. The quantitative estimate of drug-likeness (QED) is 0.727. The third-order valence-electron chi connectivity index (χ3n) is 4.39. The van der Waals surface area contributed by atoms with E-state index in [0.717, 1.165) is 32.7 Å². The summed E-state index contributed by atoms with van der Waals surface area (Å²) in [5.74, 6) is -0.0220. The van der Waals surface area contributed by atoms with Crippen molar-refractivity contribution in [2.75, 3.05) is 52.4 Å². The zero-order chi connectivity index (χ0) is 19.0. The summed E-state index contributed by atoms with van der Waals surface area (Å²) < 4.78 is 5.64. The largest absolute Gasteiger partial charge is 0.389 e. The molecule has 1 aliphatic heterocycles. The molecule has 0 aliphatic carbocycles.